The van der Waals surface area contributed by atoms with Crippen molar-refractivity contribution in [3.8, 4) is 11.5 Å². The summed E-state index contributed by atoms with van der Waals surface area (Å²) in [5.41, 5.74) is 7.37. The zero-order valence-corrected chi connectivity index (χ0v) is 11.7. The summed E-state index contributed by atoms with van der Waals surface area (Å²) < 4.78 is 11.6. The predicted molar refractivity (Wildman–Crippen MR) is 74.6 cm³/mol. The normalized spacial score (nSPS) is 25.7. The van der Waals surface area contributed by atoms with Gasteiger partial charge in [-0.25, -0.2) is 0 Å². The zero-order valence-electron chi connectivity index (χ0n) is 11.7. The van der Waals surface area contributed by atoms with E-state index in [0.29, 0.717) is 0 Å². The van der Waals surface area contributed by atoms with Crippen molar-refractivity contribution in [2.45, 2.75) is 30.9 Å². The average molecular weight is 262 g/mol. The number of ether oxygens (including phenoxy) is 2. The van der Waals surface area contributed by atoms with Gasteiger partial charge in [-0.1, -0.05) is 6.07 Å². The van der Waals surface area contributed by atoms with E-state index in [-0.39, 0.29) is 11.6 Å². The maximum atomic E-state index is 6.34. The Morgan fingerprint density at radius 2 is 2.11 bits per heavy atom. The molecule has 0 amide bonds. The van der Waals surface area contributed by atoms with Gasteiger partial charge >= 0.3 is 0 Å². The van der Waals surface area contributed by atoms with E-state index in [0.717, 1.165) is 49.4 Å². The summed E-state index contributed by atoms with van der Waals surface area (Å²) >= 11 is 0. The lowest BCUT2D eigenvalue weighted by atomic mass is 9.81. The van der Waals surface area contributed by atoms with Gasteiger partial charge in [-0.3, -0.25) is 0 Å². The third-order valence-corrected chi connectivity index (χ3v) is 4.44. The first kappa shape index (κ1) is 12.8. The molecule has 2 aliphatic heterocycles. The number of nitrogens with zero attached hydrogens (tertiary/aromatic N) is 1. The molecule has 2 heterocycles. The van der Waals surface area contributed by atoms with Crippen LogP contribution in [-0.4, -0.2) is 37.7 Å². The number of hydrogen-bond acceptors (Lipinski definition) is 4. The van der Waals surface area contributed by atoms with E-state index in [4.69, 9.17) is 15.2 Å². The van der Waals surface area contributed by atoms with Gasteiger partial charge in [0.05, 0.1) is 7.11 Å². The lowest BCUT2D eigenvalue weighted by Gasteiger charge is -2.45. The minimum Gasteiger partial charge on any atom is -0.497 e. The van der Waals surface area contributed by atoms with Crippen LogP contribution in [0.15, 0.2) is 18.2 Å². The molecule has 4 nitrogen and oxygen atoms in total. The first-order valence-electron chi connectivity index (χ1n) is 6.93. The second-order valence-corrected chi connectivity index (χ2v) is 5.80. The highest BCUT2D eigenvalue weighted by Gasteiger charge is 2.41. The highest BCUT2D eigenvalue weighted by molar-refractivity contribution is 5.44. The molecule has 2 aliphatic rings. The number of benzene rings is 1. The van der Waals surface area contributed by atoms with E-state index in [1.165, 1.54) is 0 Å². The van der Waals surface area contributed by atoms with Gasteiger partial charge in [0.2, 0.25) is 0 Å². The molecular weight excluding hydrogens is 240 g/mol. The van der Waals surface area contributed by atoms with Crippen LogP contribution < -0.4 is 15.2 Å². The van der Waals surface area contributed by atoms with Crippen LogP contribution in [0, 0.1) is 0 Å². The molecule has 0 bridgehead atoms. The standard InChI is InChI=1S/C15H22N2O2/c1-17-7-5-15(6-8-17)10-13(16)12-4-3-11(18-2)9-14(12)19-15/h3-4,9,13H,5-8,10,16H2,1-2H3. The fourth-order valence-electron chi connectivity index (χ4n) is 3.15. The molecule has 0 aromatic heterocycles. The lowest BCUT2D eigenvalue weighted by molar-refractivity contribution is -0.0165. The molecule has 1 aromatic carbocycles. The molecule has 1 atom stereocenters. The Hall–Kier alpha value is -1.26. The summed E-state index contributed by atoms with van der Waals surface area (Å²) in [5.74, 6) is 1.73. The van der Waals surface area contributed by atoms with Crippen molar-refractivity contribution in [2.24, 2.45) is 5.73 Å². The Morgan fingerprint density at radius 1 is 1.37 bits per heavy atom. The zero-order chi connectivity index (χ0) is 13.5. The van der Waals surface area contributed by atoms with E-state index in [9.17, 15) is 0 Å². The van der Waals surface area contributed by atoms with Crippen LogP contribution in [0.2, 0.25) is 0 Å². The van der Waals surface area contributed by atoms with Crippen LogP contribution in [0.1, 0.15) is 30.9 Å². The fraction of sp³-hybridized carbons (Fsp3) is 0.600. The Labute approximate surface area is 114 Å². The van der Waals surface area contributed by atoms with E-state index in [1.807, 2.05) is 18.2 Å². The smallest absolute Gasteiger partial charge is 0.128 e. The Kier molecular flexibility index (Phi) is 3.15. The van der Waals surface area contributed by atoms with Gasteiger partial charge in [0, 0.05) is 37.2 Å². The molecule has 104 valence electrons. The van der Waals surface area contributed by atoms with Gasteiger partial charge in [0.1, 0.15) is 17.1 Å². The summed E-state index contributed by atoms with van der Waals surface area (Å²) in [4.78, 5) is 2.35. The highest BCUT2D eigenvalue weighted by atomic mass is 16.5. The molecule has 4 heteroatoms. The molecule has 1 spiro atoms. The summed E-state index contributed by atoms with van der Waals surface area (Å²) in [5, 5.41) is 0. The highest BCUT2D eigenvalue weighted by Crippen LogP contribution is 2.44. The van der Waals surface area contributed by atoms with Gasteiger partial charge in [-0.15, -0.1) is 0 Å². The van der Waals surface area contributed by atoms with Gasteiger partial charge in [0.25, 0.3) is 0 Å². The van der Waals surface area contributed by atoms with E-state index < -0.39 is 0 Å². The number of hydrogen-bond donors (Lipinski definition) is 1. The van der Waals surface area contributed by atoms with E-state index in [2.05, 4.69) is 11.9 Å². The second kappa shape index (κ2) is 4.69. The topological polar surface area (TPSA) is 47.7 Å². The third kappa shape index (κ3) is 2.30. The predicted octanol–water partition coefficient (Wildman–Crippen LogP) is 1.94. The van der Waals surface area contributed by atoms with E-state index >= 15 is 0 Å². The molecule has 1 aromatic rings. The molecule has 0 saturated carbocycles. The molecule has 1 unspecified atom stereocenters. The molecule has 1 saturated heterocycles. The molecule has 3 rings (SSSR count). The SMILES string of the molecule is COc1ccc2c(c1)OC1(CCN(C)CC1)CC2N. The molecular formula is C15H22N2O2. The minimum absolute atomic E-state index is 0.0677. The summed E-state index contributed by atoms with van der Waals surface area (Å²) in [6, 6.07) is 6.02. The van der Waals surface area contributed by atoms with Crippen LogP contribution in [-0.2, 0) is 0 Å². The molecule has 19 heavy (non-hydrogen) atoms. The maximum Gasteiger partial charge on any atom is 0.128 e. The molecule has 1 fully saturated rings. The quantitative estimate of drug-likeness (QED) is 0.840. The molecule has 0 radical (unpaired) electrons. The van der Waals surface area contributed by atoms with Crippen LogP contribution in [0.4, 0.5) is 0 Å². The summed E-state index contributed by atoms with van der Waals surface area (Å²) in [6.07, 6.45) is 3.02. The van der Waals surface area contributed by atoms with Crippen molar-refractivity contribution in [1.29, 1.82) is 0 Å². The first-order valence-corrected chi connectivity index (χ1v) is 6.93. The fourth-order valence-corrected chi connectivity index (χ4v) is 3.15. The summed E-state index contributed by atoms with van der Waals surface area (Å²) in [6.45, 7) is 2.15. The number of methoxy groups -OCH3 is 1. The third-order valence-electron chi connectivity index (χ3n) is 4.44. The maximum absolute atomic E-state index is 6.34. The van der Waals surface area contributed by atoms with Crippen LogP contribution in [0.5, 0.6) is 11.5 Å². The Morgan fingerprint density at radius 3 is 2.79 bits per heavy atom. The number of likely N-dealkylation sites (tertiary alicyclic amines) is 1. The number of nitrogens with two attached hydrogens (primary N) is 1. The number of fused-ring (bicyclic) bond motifs is 1. The van der Waals surface area contributed by atoms with Crippen molar-refractivity contribution in [3.05, 3.63) is 23.8 Å². The van der Waals surface area contributed by atoms with Crippen molar-refractivity contribution in [3.63, 3.8) is 0 Å². The Bertz CT molecular complexity index is 467. The van der Waals surface area contributed by atoms with Crippen molar-refractivity contribution in [2.75, 3.05) is 27.2 Å². The average Bonchev–Trinajstić information content (AvgIpc) is 2.42. The van der Waals surface area contributed by atoms with Gasteiger partial charge in [-0.2, -0.15) is 0 Å². The number of rotatable bonds is 1. The largest absolute Gasteiger partial charge is 0.497 e. The van der Waals surface area contributed by atoms with Crippen molar-refractivity contribution >= 4 is 0 Å². The van der Waals surface area contributed by atoms with Gasteiger partial charge in [0.15, 0.2) is 0 Å². The van der Waals surface area contributed by atoms with E-state index in [1.54, 1.807) is 7.11 Å². The summed E-state index contributed by atoms with van der Waals surface area (Å²) in [7, 11) is 3.84. The van der Waals surface area contributed by atoms with Gasteiger partial charge in [-0.05, 0) is 26.0 Å². The first-order chi connectivity index (χ1) is 9.12. The van der Waals surface area contributed by atoms with Crippen LogP contribution in [0.3, 0.4) is 0 Å². The van der Waals surface area contributed by atoms with Crippen molar-refractivity contribution < 1.29 is 9.47 Å². The monoisotopic (exact) mass is 262 g/mol. The van der Waals surface area contributed by atoms with Crippen LogP contribution >= 0.6 is 0 Å². The molecule has 0 aliphatic carbocycles. The number of piperidine rings is 1. The lowest BCUT2D eigenvalue weighted by Crippen LogP contribution is -2.50. The molecule has 2 N–H and O–H groups in total. The van der Waals surface area contributed by atoms with Crippen LogP contribution in [0.25, 0.3) is 0 Å². The minimum atomic E-state index is -0.0781. The van der Waals surface area contributed by atoms with Gasteiger partial charge < -0.3 is 20.1 Å². The second-order valence-electron chi connectivity index (χ2n) is 5.80. The van der Waals surface area contributed by atoms with Crippen molar-refractivity contribution in [1.82, 2.24) is 4.90 Å². The Balaban J connectivity index is 1.89.